The first-order chi connectivity index (χ1) is 10.1. The molecule has 0 aliphatic carbocycles. The van der Waals surface area contributed by atoms with Crippen molar-refractivity contribution in [2.24, 2.45) is 11.8 Å². The summed E-state index contributed by atoms with van der Waals surface area (Å²) in [6.45, 7) is 8.00. The van der Waals surface area contributed by atoms with Crippen molar-refractivity contribution in [2.75, 3.05) is 18.5 Å². The molecule has 2 atom stereocenters. The second kappa shape index (κ2) is 5.55. The van der Waals surface area contributed by atoms with Crippen LogP contribution in [0.3, 0.4) is 0 Å². The standard InChI is InChI=1S/C20H25N/c1-14(2)18-13-21(4)19-8-6-5-7-17(19)20(18)16-11-9-15(3)10-12-16/h5-12,14,18,20H,13H2,1-4H3. The van der Waals surface area contributed by atoms with Crippen molar-refractivity contribution >= 4 is 5.69 Å². The van der Waals surface area contributed by atoms with Gasteiger partial charge in [-0.3, -0.25) is 0 Å². The molecule has 0 radical (unpaired) electrons. The number of para-hydroxylation sites is 1. The van der Waals surface area contributed by atoms with Crippen LogP contribution >= 0.6 is 0 Å². The zero-order valence-electron chi connectivity index (χ0n) is 13.5. The lowest BCUT2D eigenvalue weighted by molar-refractivity contribution is 0.339. The number of fused-ring (bicyclic) bond motifs is 1. The minimum atomic E-state index is 0.512. The number of rotatable bonds is 2. The molecule has 0 N–H and O–H groups in total. The van der Waals surface area contributed by atoms with Crippen LogP contribution in [0.1, 0.15) is 36.5 Å². The van der Waals surface area contributed by atoms with Crippen LogP contribution in [0.4, 0.5) is 5.69 Å². The number of hydrogen-bond acceptors (Lipinski definition) is 1. The Morgan fingerprint density at radius 1 is 1.00 bits per heavy atom. The van der Waals surface area contributed by atoms with Crippen LogP contribution in [0.5, 0.6) is 0 Å². The molecule has 1 heteroatoms. The normalized spacial score (nSPS) is 21.5. The minimum Gasteiger partial charge on any atom is -0.374 e. The summed E-state index contributed by atoms with van der Waals surface area (Å²) in [6.07, 6.45) is 0. The first-order valence-corrected chi connectivity index (χ1v) is 7.94. The van der Waals surface area contributed by atoms with Gasteiger partial charge in [0.25, 0.3) is 0 Å². The Morgan fingerprint density at radius 3 is 2.33 bits per heavy atom. The van der Waals surface area contributed by atoms with Crippen LogP contribution < -0.4 is 4.90 Å². The summed E-state index contributed by atoms with van der Waals surface area (Å²) in [7, 11) is 2.22. The van der Waals surface area contributed by atoms with Gasteiger partial charge in [0.05, 0.1) is 0 Å². The minimum absolute atomic E-state index is 0.512. The lowest BCUT2D eigenvalue weighted by Crippen LogP contribution is -2.38. The molecule has 1 aliphatic heterocycles. The Labute approximate surface area is 128 Å². The van der Waals surface area contributed by atoms with Crippen LogP contribution in [-0.4, -0.2) is 13.6 Å². The molecule has 2 aromatic carbocycles. The fourth-order valence-electron chi connectivity index (χ4n) is 3.65. The number of hydrogen-bond donors (Lipinski definition) is 0. The van der Waals surface area contributed by atoms with E-state index in [0.717, 1.165) is 6.54 Å². The molecule has 110 valence electrons. The van der Waals surface area contributed by atoms with Crippen molar-refractivity contribution in [2.45, 2.75) is 26.7 Å². The van der Waals surface area contributed by atoms with E-state index in [2.05, 4.69) is 81.2 Å². The average molecular weight is 279 g/mol. The van der Waals surface area contributed by atoms with Crippen LogP contribution in [-0.2, 0) is 0 Å². The van der Waals surface area contributed by atoms with Gasteiger partial charge in [-0.15, -0.1) is 0 Å². The van der Waals surface area contributed by atoms with Gasteiger partial charge in [-0.05, 0) is 36.0 Å². The van der Waals surface area contributed by atoms with Gasteiger partial charge in [-0.1, -0.05) is 61.9 Å². The van der Waals surface area contributed by atoms with E-state index in [1.165, 1.54) is 22.4 Å². The van der Waals surface area contributed by atoms with Crippen molar-refractivity contribution in [1.29, 1.82) is 0 Å². The molecular formula is C20H25N. The second-order valence-corrected chi connectivity index (χ2v) is 6.74. The molecule has 1 heterocycles. The molecule has 1 aliphatic rings. The highest BCUT2D eigenvalue weighted by Crippen LogP contribution is 2.44. The Balaban J connectivity index is 2.13. The summed E-state index contributed by atoms with van der Waals surface area (Å²) >= 11 is 0. The molecule has 0 aromatic heterocycles. The number of aryl methyl sites for hydroxylation is 1. The molecule has 0 fully saturated rings. The van der Waals surface area contributed by atoms with E-state index in [0.29, 0.717) is 17.8 Å². The highest BCUT2D eigenvalue weighted by atomic mass is 15.1. The number of nitrogens with zero attached hydrogens (tertiary/aromatic N) is 1. The molecule has 2 aromatic rings. The van der Waals surface area contributed by atoms with Gasteiger partial charge in [0, 0.05) is 25.2 Å². The average Bonchev–Trinajstić information content (AvgIpc) is 2.48. The molecule has 0 saturated carbocycles. The third-order valence-corrected chi connectivity index (χ3v) is 4.89. The van der Waals surface area contributed by atoms with Gasteiger partial charge < -0.3 is 4.90 Å². The van der Waals surface area contributed by atoms with E-state index in [1.807, 2.05) is 0 Å². The molecule has 1 nitrogen and oxygen atoms in total. The van der Waals surface area contributed by atoms with Gasteiger partial charge in [0.1, 0.15) is 0 Å². The first kappa shape index (κ1) is 14.2. The molecule has 21 heavy (non-hydrogen) atoms. The van der Waals surface area contributed by atoms with Crippen molar-refractivity contribution < 1.29 is 0 Å². The van der Waals surface area contributed by atoms with E-state index < -0.39 is 0 Å². The fourth-order valence-corrected chi connectivity index (χ4v) is 3.65. The van der Waals surface area contributed by atoms with E-state index in [9.17, 15) is 0 Å². The predicted molar refractivity (Wildman–Crippen MR) is 91.1 cm³/mol. The van der Waals surface area contributed by atoms with Gasteiger partial charge in [-0.2, -0.15) is 0 Å². The Kier molecular flexibility index (Phi) is 3.75. The topological polar surface area (TPSA) is 3.24 Å². The third kappa shape index (κ3) is 2.57. The Bertz CT molecular complexity index is 612. The summed E-state index contributed by atoms with van der Waals surface area (Å²) in [5.41, 5.74) is 5.66. The molecular weight excluding hydrogens is 254 g/mol. The van der Waals surface area contributed by atoms with Crippen molar-refractivity contribution in [3.05, 3.63) is 65.2 Å². The van der Waals surface area contributed by atoms with Crippen molar-refractivity contribution in [3.63, 3.8) is 0 Å². The zero-order chi connectivity index (χ0) is 15.0. The smallest absolute Gasteiger partial charge is 0.0402 e. The van der Waals surface area contributed by atoms with Crippen LogP contribution in [0, 0.1) is 18.8 Å². The summed E-state index contributed by atoms with van der Waals surface area (Å²) in [6, 6.07) is 18.0. The van der Waals surface area contributed by atoms with E-state index in [-0.39, 0.29) is 0 Å². The van der Waals surface area contributed by atoms with Crippen LogP contribution in [0.2, 0.25) is 0 Å². The molecule has 0 bridgehead atoms. The van der Waals surface area contributed by atoms with Crippen molar-refractivity contribution in [3.8, 4) is 0 Å². The molecule has 0 spiro atoms. The van der Waals surface area contributed by atoms with E-state index >= 15 is 0 Å². The van der Waals surface area contributed by atoms with E-state index in [1.54, 1.807) is 0 Å². The summed E-state index contributed by atoms with van der Waals surface area (Å²) in [4.78, 5) is 2.42. The number of anilines is 1. The lowest BCUT2D eigenvalue weighted by atomic mass is 9.72. The highest BCUT2D eigenvalue weighted by molar-refractivity contribution is 5.59. The maximum absolute atomic E-state index is 2.42. The molecule has 0 saturated heterocycles. The van der Waals surface area contributed by atoms with Gasteiger partial charge in [-0.25, -0.2) is 0 Å². The Hall–Kier alpha value is -1.76. The zero-order valence-corrected chi connectivity index (χ0v) is 13.5. The summed E-state index contributed by atoms with van der Waals surface area (Å²) in [5.74, 6) is 1.85. The second-order valence-electron chi connectivity index (χ2n) is 6.74. The molecule has 3 rings (SSSR count). The maximum atomic E-state index is 2.42. The lowest BCUT2D eigenvalue weighted by Gasteiger charge is -2.42. The first-order valence-electron chi connectivity index (χ1n) is 7.94. The summed E-state index contributed by atoms with van der Waals surface area (Å²) in [5, 5.41) is 0. The fraction of sp³-hybridized carbons (Fsp3) is 0.400. The van der Waals surface area contributed by atoms with Gasteiger partial charge in [0.2, 0.25) is 0 Å². The largest absolute Gasteiger partial charge is 0.374 e. The van der Waals surface area contributed by atoms with Crippen molar-refractivity contribution in [1.82, 2.24) is 0 Å². The highest BCUT2D eigenvalue weighted by Gasteiger charge is 2.34. The van der Waals surface area contributed by atoms with Gasteiger partial charge in [0.15, 0.2) is 0 Å². The van der Waals surface area contributed by atoms with Gasteiger partial charge >= 0.3 is 0 Å². The van der Waals surface area contributed by atoms with Crippen LogP contribution in [0.15, 0.2) is 48.5 Å². The molecule has 2 unspecified atom stereocenters. The quantitative estimate of drug-likeness (QED) is 0.759. The Morgan fingerprint density at radius 2 is 1.67 bits per heavy atom. The summed E-state index contributed by atoms with van der Waals surface area (Å²) < 4.78 is 0. The molecule has 0 amide bonds. The third-order valence-electron chi connectivity index (χ3n) is 4.89. The monoisotopic (exact) mass is 279 g/mol. The predicted octanol–water partition coefficient (Wildman–Crippen LogP) is 4.85. The number of benzene rings is 2. The SMILES string of the molecule is Cc1ccc(C2c3ccccc3N(C)CC2C(C)C)cc1. The van der Waals surface area contributed by atoms with E-state index in [4.69, 9.17) is 0 Å². The van der Waals surface area contributed by atoms with Crippen LogP contribution in [0.25, 0.3) is 0 Å². The maximum Gasteiger partial charge on any atom is 0.0402 e.